The fourth-order valence-electron chi connectivity index (χ4n) is 2.56. The summed E-state index contributed by atoms with van der Waals surface area (Å²) in [5, 5.41) is 6.44. The number of halogens is 1. The van der Waals surface area contributed by atoms with E-state index >= 15 is 0 Å². The molecule has 2 heterocycles. The van der Waals surface area contributed by atoms with E-state index in [1.54, 1.807) is 0 Å². The van der Waals surface area contributed by atoms with E-state index in [2.05, 4.69) is 36.0 Å². The second-order valence-corrected chi connectivity index (χ2v) is 6.49. The van der Waals surface area contributed by atoms with Gasteiger partial charge in [-0.25, -0.2) is 19.3 Å². The first-order valence-electron chi connectivity index (χ1n) is 6.34. The smallest absolute Gasteiger partial charge is 0.349 e. The van der Waals surface area contributed by atoms with Crippen LogP contribution >= 0.6 is 15.9 Å². The van der Waals surface area contributed by atoms with Crippen LogP contribution in [0.25, 0.3) is 5.65 Å². The van der Waals surface area contributed by atoms with Crippen molar-refractivity contribution >= 4 is 27.4 Å². The molecule has 0 aromatic carbocycles. The molecule has 3 rings (SSSR count). The third-order valence-electron chi connectivity index (χ3n) is 3.66. The highest BCUT2D eigenvalue weighted by molar-refractivity contribution is 9.09. The minimum Gasteiger partial charge on any atom is -0.359 e. The van der Waals surface area contributed by atoms with Crippen LogP contribution in [0.1, 0.15) is 18.7 Å². The highest BCUT2D eigenvalue weighted by Gasteiger charge is 2.28. The molecule has 1 N–H and O–H groups in total. The SMILES string of the molecule is Cc1nc(N(C)CC2CC(Br)C2)cc2n[nH]c(=O)n12. The fraction of sp³-hybridized carbons (Fsp3) is 0.583. The van der Waals surface area contributed by atoms with Crippen molar-refractivity contribution in [1.29, 1.82) is 0 Å². The molecule has 0 aliphatic heterocycles. The minimum atomic E-state index is -0.240. The summed E-state index contributed by atoms with van der Waals surface area (Å²) >= 11 is 3.61. The van der Waals surface area contributed by atoms with Crippen LogP contribution in [0.15, 0.2) is 10.9 Å². The van der Waals surface area contributed by atoms with Gasteiger partial charge < -0.3 is 4.90 Å². The predicted octanol–water partition coefficient (Wildman–Crippen LogP) is 1.34. The average molecular weight is 326 g/mol. The van der Waals surface area contributed by atoms with Gasteiger partial charge in [0.15, 0.2) is 5.65 Å². The number of H-pyrrole nitrogens is 1. The van der Waals surface area contributed by atoms with Gasteiger partial charge in [-0.05, 0) is 25.7 Å². The maximum atomic E-state index is 11.5. The molecule has 1 aliphatic rings. The van der Waals surface area contributed by atoms with Gasteiger partial charge in [0.2, 0.25) is 0 Å². The lowest BCUT2D eigenvalue weighted by molar-refractivity contribution is 0.338. The van der Waals surface area contributed by atoms with E-state index in [-0.39, 0.29) is 5.69 Å². The number of aryl methyl sites for hydroxylation is 1. The van der Waals surface area contributed by atoms with Gasteiger partial charge in [-0.2, -0.15) is 5.10 Å². The van der Waals surface area contributed by atoms with Gasteiger partial charge in [0.25, 0.3) is 0 Å². The molecule has 0 radical (unpaired) electrons. The van der Waals surface area contributed by atoms with E-state index in [9.17, 15) is 4.79 Å². The molecule has 0 saturated heterocycles. The fourth-order valence-corrected chi connectivity index (χ4v) is 3.62. The first kappa shape index (κ1) is 12.7. The number of aromatic amines is 1. The van der Waals surface area contributed by atoms with Crippen LogP contribution < -0.4 is 10.6 Å². The molecule has 102 valence electrons. The van der Waals surface area contributed by atoms with Crippen LogP contribution in [0.3, 0.4) is 0 Å². The third kappa shape index (κ3) is 2.27. The summed E-state index contributed by atoms with van der Waals surface area (Å²) in [5.74, 6) is 2.24. The first-order valence-corrected chi connectivity index (χ1v) is 7.26. The van der Waals surface area contributed by atoms with Crippen molar-refractivity contribution in [3.63, 3.8) is 0 Å². The maximum Gasteiger partial charge on any atom is 0.349 e. The van der Waals surface area contributed by atoms with E-state index in [1.807, 2.05) is 20.0 Å². The van der Waals surface area contributed by atoms with Crippen molar-refractivity contribution in [3.05, 3.63) is 22.4 Å². The zero-order valence-corrected chi connectivity index (χ0v) is 12.5. The lowest BCUT2D eigenvalue weighted by Crippen LogP contribution is -2.35. The van der Waals surface area contributed by atoms with Crippen molar-refractivity contribution in [2.45, 2.75) is 24.6 Å². The van der Waals surface area contributed by atoms with Crippen molar-refractivity contribution in [3.8, 4) is 0 Å². The Labute approximate surface area is 119 Å². The largest absolute Gasteiger partial charge is 0.359 e. The second-order valence-electron chi connectivity index (χ2n) is 5.20. The van der Waals surface area contributed by atoms with Crippen LogP contribution in [0.2, 0.25) is 0 Å². The standard InChI is InChI=1S/C12H16BrN5O/c1-7-14-10(5-11-15-16-12(19)18(7)11)17(2)6-8-3-9(13)4-8/h5,8-9H,3-4,6H2,1-2H3,(H,16,19). The molecule has 1 saturated carbocycles. The van der Waals surface area contributed by atoms with E-state index in [4.69, 9.17) is 0 Å². The molecule has 0 spiro atoms. The number of nitrogens with zero attached hydrogens (tertiary/aromatic N) is 4. The van der Waals surface area contributed by atoms with Crippen molar-refractivity contribution in [1.82, 2.24) is 19.6 Å². The Hall–Kier alpha value is -1.37. The molecule has 2 aromatic heterocycles. The number of anilines is 1. The monoisotopic (exact) mass is 325 g/mol. The Bertz CT molecular complexity index is 658. The summed E-state index contributed by atoms with van der Waals surface area (Å²) in [6.45, 7) is 2.80. The lowest BCUT2D eigenvalue weighted by atomic mass is 9.85. The number of rotatable bonds is 3. The number of hydrogen-bond donors (Lipinski definition) is 1. The highest BCUT2D eigenvalue weighted by atomic mass is 79.9. The van der Waals surface area contributed by atoms with Crippen molar-refractivity contribution in [2.24, 2.45) is 5.92 Å². The van der Waals surface area contributed by atoms with Crippen LogP contribution in [0.4, 0.5) is 5.82 Å². The number of aromatic nitrogens is 4. The molecule has 1 aliphatic carbocycles. The average Bonchev–Trinajstić information content (AvgIpc) is 2.69. The molecular formula is C12H16BrN5O. The second kappa shape index (κ2) is 4.63. The normalized spacial score (nSPS) is 22.5. The molecule has 0 atom stereocenters. The summed E-state index contributed by atoms with van der Waals surface area (Å²) in [5.41, 5.74) is 0.377. The number of nitrogens with one attached hydrogen (secondary N) is 1. The van der Waals surface area contributed by atoms with Gasteiger partial charge in [-0.1, -0.05) is 15.9 Å². The van der Waals surface area contributed by atoms with Gasteiger partial charge in [0.05, 0.1) is 0 Å². The zero-order valence-electron chi connectivity index (χ0n) is 10.9. The topological polar surface area (TPSA) is 66.3 Å². The van der Waals surface area contributed by atoms with E-state index < -0.39 is 0 Å². The highest BCUT2D eigenvalue weighted by Crippen LogP contribution is 2.34. The Kier molecular flexibility index (Phi) is 3.08. The molecule has 0 amide bonds. The van der Waals surface area contributed by atoms with Crippen molar-refractivity contribution in [2.75, 3.05) is 18.5 Å². The Morgan fingerprint density at radius 1 is 1.58 bits per heavy atom. The molecule has 0 unspecified atom stereocenters. The molecule has 6 nitrogen and oxygen atoms in total. The van der Waals surface area contributed by atoms with Crippen LogP contribution in [-0.4, -0.2) is 38.0 Å². The molecular weight excluding hydrogens is 310 g/mol. The quantitative estimate of drug-likeness (QED) is 0.865. The summed E-state index contributed by atoms with van der Waals surface area (Å²) in [7, 11) is 2.03. The van der Waals surface area contributed by atoms with Gasteiger partial charge >= 0.3 is 5.69 Å². The van der Waals surface area contributed by atoms with Crippen molar-refractivity contribution < 1.29 is 0 Å². The number of alkyl halides is 1. The summed E-state index contributed by atoms with van der Waals surface area (Å²) in [6.07, 6.45) is 2.43. The molecule has 19 heavy (non-hydrogen) atoms. The van der Waals surface area contributed by atoms with E-state index in [0.717, 1.165) is 12.4 Å². The zero-order chi connectivity index (χ0) is 13.6. The van der Waals surface area contributed by atoms with E-state index in [1.165, 1.54) is 17.2 Å². The molecule has 0 bridgehead atoms. The van der Waals surface area contributed by atoms with Crippen LogP contribution in [-0.2, 0) is 0 Å². The third-order valence-corrected chi connectivity index (χ3v) is 4.41. The number of fused-ring (bicyclic) bond motifs is 1. The van der Waals surface area contributed by atoms with Gasteiger partial charge in [-0.15, -0.1) is 0 Å². The maximum absolute atomic E-state index is 11.5. The Morgan fingerprint density at radius 2 is 2.32 bits per heavy atom. The first-order chi connectivity index (χ1) is 9.04. The predicted molar refractivity (Wildman–Crippen MR) is 77.1 cm³/mol. The summed E-state index contributed by atoms with van der Waals surface area (Å²) in [4.78, 5) is 18.8. The molecule has 1 fully saturated rings. The molecule has 2 aromatic rings. The molecule has 7 heteroatoms. The van der Waals surface area contributed by atoms with Gasteiger partial charge in [0, 0.05) is 24.5 Å². The summed E-state index contributed by atoms with van der Waals surface area (Å²) in [6, 6.07) is 1.84. The van der Waals surface area contributed by atoms with Crippen LogP contribution in [0.5, 0.6) is 0 Å². The van der Waals surface area contributed by atoms with Gasteiger partial charge in [-0.3, -0.25) is 0 Å². The summed E-state index contributed by atoms with van der Waals surface area (Å²) < 4.78 is 1.48. The minimum absolute atomic E-state index is 0.240. The van der Waals surface area contributed by atoms with Gasteiger partial charge in [0.1, 0.15) is 11.6 Å². The van der Waals surface area contributed by atoms with Crippen LogP contribution in [0, 0.1) is 12.8 Å². The Morgan fingerprint density at radius 3 is 3.00 bits per heavy atom. The number of hydrogen-bond acceptors (Lipinski definition) is 4. The van der Waals surface area contributed by atoms with E-state index in [0.29, 0.717) is 22.2 Å². The lowest BCUT2D eigenvalue weighted by Gasteiger charge is -2.34. The Balaban J connectivity index is 1.86.